The van der Waals surface area contributed by atoms with E-state index in [1.54, 1.807) is 18.2 Å². The van der Waals surface area contributed by atoms with Crippen LogP contribution in [0.15, 0.2) is 24.3 Å². The zero-order valence-corrected chi connectivity index (χ0v) is 11.1. The van der Waals surface area contributed by atoms with Gasteiger partial charge in [0.15, 0.2) is 0 Å². The third kappa shape index (κ3) is 4.47. The summed E-state index contributed by atoms with van der Waals surface area (Å²) in [5.74, 6) is -0.284. The van der Waals surface area contributed by atoms with Crippen LogP contribution >= 0.6 is 0 Å². The normalized spacial score (nSPS) is 20.5. The Balaban J connectivity index is 1.81. The van der Waals surface area contributed by atoms with Crippen LogP contribution in [0.2, 0.25) is 0 Å². The van der Waals surface area contributed by atoms with Crippen LogP contribution < -0.4 is 0 Å². The molecule has 20 heavy (non-hydrogen) atoms. The second kappa shape index (κ2) is 7.61. The summed E-state index contributed by atoms with van der Waals surface area (Å²) in [5.41, 5.74) is 0.533. The Hall–Kier alpha value is -1.11. The molecular weight excluding hydrogens is 271 g/mol. The summed E-state index contributed by atoms with van der Waals surface area (Å²) in [6.45, 7) is 1.98. The minimum atomic E-state index is -2.44. The minimum Gasteiger partial charge on any atom is -0.374 e. The lowest BCUT2D eigenvalue weighted by atomic mass is 10.1. The number of alkyl halides is 2. The Labute approximate surface area is 116 Å². The highest BCUT2D eigenvalue weighted by Crippen LogP contribution is 2.24. The molecule has 0 aliphatic carbocycles. The van der Waals surface area contributed by atoms with Gasteiger partial charge < -0.3 is 9.47 Å². The lowest BCUT2D eigenvalue weighted by Gasteiger charge is -2.33. The number of benzene rings is 1. The van der Waals surface area contributed by atoms with Crippen molar-refractivity contribution < 1.29 is 22.6 Å². The van der Waals surface area contributed by atoms with Gasteiger partial charge >= 0.3 is 0 Å². The van der Waals surface area contributed by atoms with Crippen LogP contribution in [-0.4, -0.2) is 50.8 Å². The van der Waals surface area contributed by atoms with Crippen LogP contribution in [0, 0.1) is 5.82 Å². The quantitative estimate of drug-likeness (QED) is 0.751. The first kappa shape index (κ1) is 15.3. The highest BCUT2D eigenvalue weighted by Gasteiger charge is 2.23. The Kier molecular flexibility index (Phi) is 5.82. The first-order chi connectivity index (χ1) is 9.66. The molecule has 0 amide bonds. The second-order valence-corrected chi connectivity index (χ2v) is 4.65. The molecule has 2 rings (SSSR count). The summed E-state index contributed by atoms with van der Waals surface area (Å²) in [7, 11) is 0. The maximum Gasteiger partial charge on any atom is 0.261 e. The number of rotatable bonds is 6. The predicted molar refractivity (Wildman–Crippen MR) is 68.4 cm³/mol. The minimum absolute atomic E-state index is 0.244. The van der Waals surface area contributed by atoms with Gasteiger partial charge in [-0.1, -0.05) is 18.2 Å². The zero-order chi connectivity index (χ0) is 14.4. The van der Waals surface area contributed by atoms with Crippen LogP contribution in [0.5, 0.6) is 0 Å². The van der Waals surface area contributed by atoms with E-state index in [1.807, 2.05) is 4.90 Å². The van der Waals surface area contributed by atoms with Crippen LogP contribution in [0.3, 0.4) is 0 Å². The molecule has 0 saturated carbocycles. The highest BCUT2D eigenvalue weighted by molar-refractivity contribution is 5.20. The molecule has 1 saturated heterocycles. The molecule has 0 unspecified atom stereocenters. The fourth-order valence-corrected chi connectivity index (χ4v) is 2.20. The summed E-state index contributed by atoms with van der Waals surface area (Å²) < 4.78 is 48.0. The maximum atomic E-state index is 13.7. The van der Waals surface area contributed by atoms with Crippen molar-refractivity contribution in [3.63, 3.8) is 0 Å². The average Bonchev–Trinajstić information content (AvgIpc) is 2.44. The molecule has 0 aromatic heterocycles. The number of halogens is 3. The van der Waals surface area contributed by atoms with Crippen molar-refractivity contribution in [2.75, 3.05) is 39.5 Å². The van der Waals surface area contributed by atoms with Crippen molar-refractivity contribution in [3.8, 4) is 0 Å². The van der Waals surface area contributed by atoms with E-state index in [-0.39, 0.29) is 18.5 Å². The van der Waals surface area contributed by atoms with Crippen LogP contribution in [0.25, 0.3) is 0 Å². The highest BCUT2D eigenvalue weighted by atomic mass is 19.3. The van der Waals surface area contributed by atoms with Crippen LogP contribution in [-0.2, 0) is 9.47 Å². The zero-order valence-electron chi connectivity index (χ0n) is 11.1. The van der Waals surface area contributed by atoms with E-state index in [9.17, 15) is 13.2 Å². The molecule has 3 nitrogen and oxygen atoms in total. The van der Waals surface area contributed by atoms with Gasteiger partial charge in [0.1, 0.15) is 12.4 Å². The molecular formula is C14H18F3NO2. The second-order valence-electron chi connectivity index (χ2n) is 4.65. The SMILES string of the molecule is Fc1ccccc1[C@H]1CN(CCOCC(F)F)CCO1. The van der Waals surface area contributed by atoms with Gasteiger partial charge in [0, 0.05) is 25.2 Å². The van der Waals surface area contributed by atoms with E-state index in [0.29, 0.717) is 31.8 Å². The van der Waals surface area contributed by atoms with E-state index in [2.05, 4.69) is 0 Å². The standard InChI is InChI=1S/C14H18F3NO2/c15-12-4-2-1-3-11(12)13-9-18(6-8-20-13)5-7-19-10-14(16)17/h1-4,13-14H,5-10H2/t13-/m1/s1. The van der Waals surface area contributed by atoms with Crippen molar-refractivity contribution in [2.45, 2.75) is 12.5 Å². The summed E-state index contributed by atoms with van der Waals surface area (Å²) in [6, 6.07) is 6.52. The topological polar surface area (TPSA) is 21.7 Å². The van der Waals surface area contributed by atoms with Crippen LogP contribution in [0.1, 0.15) is 11.7 Å². The fourth-order valence-electron chi connectivity index (χ4n) is 2.20. The summed E-state index contributed by atoms with van der Waals surface area (Å²) >= 11 is 0. The van der Waals surface area contributed by atoms with Crippen LogP contribution in [0.4, 0.5) is 13.2 Å². The van der Waals surface area contributed by atoms with E-state index in [0.717, 1.165) is 0 Å². The average molecular weight is 289 g/mol. The number of nitrogens with zero attached hydrogens (tertiary/aromatic N) is 1. The molecule has 1 aromatic carbocycles. The van der Waals surface area contributed by atoms with Gasteiger partial charge in [-0.3, -0.25) is 4.90 Å². The van der Waals surface area contributed by atoms with Gasteiger partial charge in [-0.05, 0) is 6.07 Å². The first-order valence-electron chi connectivity index (χ1n) is 6.61. The monoisotopic (exact) mass is 289 g/mol. The Morgan fingerprint density at radius 3 is 2.90 bits per heavy atom. The van der Waals surface area contributed by atoms with Crippen molar-refractivity contribution in [1.29, 1.82) is 0 Å². The lowest BCUT2D eigenvalue weighted by Crippen LogP contribution is -2.40. The molecule has 1 fully saturated rings. The smallest absolute Gasteiger partial charge is 0.261 e. The Morgan fingerprint density at radius 1 is 1.35 bits per heavy atom. The molecule has 0 bridgehead atoms. The Morgan fingerprint density at radius 2 is 2.15 bits per heavy atom. The van der Waals surface area contributed by atoms with E-state index in [4.69, 9.17) is 9.47 Å². The van der Waals surface area contributed by atoms with Gasteiger partial charge in [-0.25, -0.2) is 13.2 Å². The van der Waals surface area contributed by atoms with E-state index < -0.39 is 13.0 Å². The molecule has 112 valence electrons. The molecule has 1 aliphatic heterocycles. The third-order valence-electron chi connectivity index (χ3n) is 3.20. The number of ether oxygens (including phenoxy) is 2. The van der Waals surface area contributed by atoms with Crippen molar-refractivity contribution in [1.82, 2.24) is 4.90 Å². The summed E-state index contributed by atoms with van der Waals surface area (Å²) in [4.78, 5) is 2.03. The lowest BCUT2D eigenvalue weighted by molar-refractivity contribution is -0.0456. The molecule has 0 spiro atoms. The van der Waals surface area contributed by atoms with E-state index in [1.165, 1.54) is 6.07 Å². The number of hydrogen-bond acceptors (Lipinski definition) is 3. The van der Waals surface area contributed by atoms with Gasteiger partial charge in [0.2, 0.25) is 0 Å². The summed E-state index contributed by atoms with van der Waals surface area (Å²) in [5, 5.41) is 0. The Bertz CT molecular complexity index is 417. The maximum absolute atomic E-state index is 13.7. The predicted octanol–water partition coefficient (Wildman–Crippen LogP) is 2.48. The molecule has 0 N–H and O–H groups in total. The molecule has 0 radical (unpaired) electrons. The molecule has 1 aromatic rings. The van der Waals surface area contributed by atoms with Gasteiger partial charge in [-0.2, -0.15) is 0 Å². The van der Waals surface area contributed by atoms with Gasteiger partial charge in [0.25, 0.3) is 6.43 Å². The number of hydrogen-bond donors (Lipinski definition) is 0. The molecule has 1 aliphatic rings. The largest absolute Gasteiger partial charge is 0.374 e. The van der Waals surface area contributed by atoms with Crippen molar-refractivity contribution >= 4 is 0 Å². The molecule has 6 heteroatoms. The van der Waals surface area contributed by atoms with Crippen molar-refractivity contribution in [3.05, 3.63) is 35.6 Å². The van der Waals surface area contributed by atoms with Gasteiger partial charge in [0.05, 0.1) is 19.3 Å². The number of morpholine rings is 1. The van der Waals surface area contributed by atoms with Gasteiger partial charge in [-0.15, -0.1) is 0 Å². The molecule has 1 heterocycles. The van der Waals surface area contributed by atoms with E-state index >= 15 is 0 Å². The first-order valence-corrected chi connectivity index (χ1v) is 6.61. The van der Waals surface area contributed by atoms with Crippen molar-refractivity contribution in [2.24, 2.45) is 0 Å². The fraction of sp³-hybridized carbons (Fsp3) is 0.571. The third-order valence-corrected chi connectivity index (χ3v) is 3.20. The molecule has 1 atom stereocenters. The summed E-state index contributed by atoms with van der Waals surface area (Å²) in [6.07, 6.45) is -2.76.